The van der Waals surface area contributed by atoms with Gasteiger partial charge in [0.1, 0.15) is 5.75 Å². The van der Waals surface area contributed by atoms with Crippen LogP contribution >= 0.6 is 22.9 Å². The van der Waals surface area contributed by atoms with Crippen molar-refractivity contribution in [2.75, 3.05) is 12.9 Å². The molecular weight excluding hydrogens is 318 g/mol. The van der Waals surface area contributed by atoms with E-state index < -0.39 is 9.84 Å². The number of hydrogen-bond donors (Lipinski definition) is 0. The monoisotopic (exact) mass is 331 g/mol. The third-order valence-corrected chi connectivity index (χ3v) is 4.93. The van der Waals surface area contributed by atoms with E-state index in [0.29, 0.717) is 24.7 Å². The van der Waals surface area contributed by atoms with E-state index in [0.717, 1.165) is 10.7 Å². The molecule has 7 heteroatoms. The molecule has 0 spiro atoms. The van der Waals surface area contributed by atoms with E-state index in [2.05, 4.69) is 4.98 Å². The maximum absolute atomic E-state index is 11.3. The molecular formula is C13H14ClNO3S2. The second-order valence-corrected chi connectivity index (χ2v) is 7.43. The number of nitrogens with zero attached hydrogens (tertiary/aromatic N) is 1. The lowest BCUT2D eigenvalue weighted by Gasteiger charge is -2.05. The number of alkyl halides is 1. The summed E-state index contributed by atoms with van der Waals surface area (Å²) in [5.41, 5.74) is 0.879. The van der Waals surface area contributed by atoms with Crippen LogP contribution in [0.4, 0.5) is 0 Å². The number of hydrogen-bond acceptors (Lipinski definition) is 5. The van der Waals surface area contributed by atoms with Gasteiger partial charge in [0.05, 0.1) is 28.1 Å². The Hall–Kier alpha value is -1.11. The first-order valence-electron chi connectivity index (χ1n) is 5.91. The summed E-state index contributed by atoms with van der Waals surface area (Å²) < 4.78 is 28.2. The predicted octanol–water partition coefficient (Wildman–Crippen LogP) is 2.91. The first kappa shape index (κ1) is 15.3. The lowest BCUT2D eigenvalue weighted by molar-refractivity contribution is 0.321. The molecule has 4 nitrogen and oxygen atoms in total. The van der Waals surface area contributed by atoms with Gasteiger partial charge in [-0.05, 0) is 24.3 Å². The molecule has 0 fully saturated rings. The molecule has 0 bridgehead atoms. The van der Waals surface area contributed by atoms with Gasteiger partial charge >= 0.3 is 0 Å². The molecule has 0 aliphatic rings. The maximum atomic E-state index is 11.3. The topological polar surface area (TPSA) is 56.3 Å². The minimum atomic E-state index is -3.16. The molecule has 108 valence electrons. The van der Waals surface area contributed by atoms with Crippen LogP contribution in [0.25, 0.3) is 0 Å². The van der Waals surface area contributed by atoms with Crippen LogP contribution in [0.3, 0.4) is 0 Å². The quantitative estimate of drug-likeness (QED) is 0.764. The van der Waals surface area contributed by atoms with E-state index in [1.807, 2.05) is 5.38 Å². The van der Waals surface area contributed by atoms with Gasteiger partial charge in [-0.15, -0.1) is 22.9 Å². The largest absolute Gasteiger partial charge is 0.493 e. The molecule has 0 radical (unpaired) electrons. The Balaban J connectivity index is 1.88. The summed E-state index contributed by atoms with van der Waals surface area (Å²) in [6.45, 7) is 0.494. The molecule has 0 saturated heterocycles. The third kappa shape index (κ3) is 4.19. The van der Waals surface area contributed by atoms with E-state index in [4.69, 9.17) is 16.3 Å². The first-order valence-corrected chi connectivity index (χ1v) is 9.22. The highest BCUT2D eigenvalue weighted by atomic mass is 35.5. The van der Waals surface area contributed by atoms with E-state index >= 15 is 0 Å². The smallest absolute Gasteiger partial charge is 0.175 e. The van der Waals surface area contributed by atoms with Gasteiger partial charge in [0.15, 0.2) is 9.84 Å². The number of ether oxygens (including phenoxy) is 1. The fourth-order valence-electron chi connectivity index (χ4n) is 1.56. The summed E-state index contributed by atoms with van der Waals surface area (Å²) in [6.07, 6.45) is 1.88. The summed E-state index contributed by atoms with van der Waals surface area (Å²) in [7, 11) is -3.16. The zero-order chi connectivity index (χ0) is 14.6. The Labute approximate surface area is 127 Å². The van der Waals surface area contributed by atoms with Crippen LogP contribution in [0.2, 0.25) is 0 Å². The van der Waals surface area contributed by atoms with Crippen LogP contribution in [-0.4, -0.2) is 26.3 Å². The van der Waals surface area contributed by atoms with Crippen molar-refractivity contribution in [2.24, 2.45) is 0 Å². The molecule has 0 aliphatic heterocycles. The summed E-state index contributed by atoms with van der Waals surface area (Å²) in [6, 6.07) is 6.39. The van der Waals surface area contributed by atoms with Crippen molar-refractivity contribution in [3.8, 4) is 5.75 Å². The summed E-state index contributed by atoms with van der Waals surface area (Å²) in [5, 5.41) is 2.91. The van der Waals surface area contributed by atoms with Gasteiger partial charge in [0.25, 0.3) is 0 Å². The van der Waals surface area contributed by atoms with Crippen LogP contribution < -0.4 is 4.74 Å². The summed E-state index contributed by atoms with van der Waals surface area (Å²) in [4.78, 5) is 4.62. The normalized spacial score (nSPS) is 11.5. The van der Waals surface area contributed by atoms with E-state index in [1.165, 1.54) is 6.26 Å². The van der Waals surface area contributed by atoms with Crippen LogP contribution in [0.15, 0.2) is 34.5 Å². The van der Waals surface area contributed by atoms with Gasteiger partial charge in [-0.3, -0.25) is 0 Å². The van der Waals surface area contributed by atoms with Crippen molar-refractivity contribution in [3.05, 3.63) is 40.3 Å². The van der Waals surface area contributed by atoms with Crippen molar-refractivity contribution < 1.29 is 13.2 Å². The van der Waals surface area contributed by atoms with Crippen LogP contribution in [0.5, 0.6) is 5.75 Å². The molecule has 20 heavy (non-hydrogen) atoms. The van der Waals surface area contributed by atoms with Gasteiger partial charge in [-0.2, -0.15) is 0 Å². The van der Waals surface area contributed by atoms with Crippen LogP contribution in [0, 0.1) is 0 Å². The Kier molecular flexibility index (Phi) is 5.01. The van der Waals surface area contributed by atoms with Crippen LogP contribution in [0.1, 0.15) is 10.7 Å². The zero-order valence-corrected chi connectivity index (χ0v) is 13.3. The average molecular weight is 332 g/mol. The summed E-state index contributed by atoms with van der Waals surface area (Å²) >= 11 is 7.25. The molecule has 2 rings (SSSR count). The third-order valence-electron chi connectivity index (χ3n) is 2.57. The fraction of sp³-hybridized carbons (Fsp3) is 0.308. The zero-order valence-electron chi connectivity index (χ0n) is 10.9. The fourth-order valence-corrected chi connectivity index (χ4v) is 3.20. The van der Waals surface area contributed by atoms with E-state index in [-0.39, 0.29) is 4.90 Å². The van der Waals surface area contributed by atoms with Crippen molar-refractivity contribution in [2.45, 2.75) is 17.2 Å². The number of sulfone groups is 1. The van der Waals surface area contributed by atoms with Crippen molar-refractivity contribution in [1.29, 1.82) is 0 Å². The molecule has 0 N–H and O–H groups in total. The predicted molar refractivity (Wildman–Crippen MR) is 80.4 cm³/mol. The highest BCUT2D eigenvalue weighted by Crippen LogP contribution is 2.17. The number of benzene rings is 1. The minimum Gasteiger partial charge on any atom is -0.493 e. The molecule has 1 aromatic carbocycles. The highest BCUT2D eigenvalue weighted by molar-refractivity contribution is 7.90. The van der Waals surface area contributed by atoms with Gasteiger partial charge in [0.2, 0.25) is 0 Å². The number of halogens is 1. The molecule has 0 saturated carbocycles. The lowest BCUT2D eigenvalue weighted by Crippen LogP contribution is -2.02. The standard InChI is InChI=1S/C13H14ClNO3S2/c1-20(16,17)12-4-2-11(3-5-12)18-7-6-13-15-10(8-14)9-19-13/h2-5,9H,6-8H2,1H3. The van der Waals surface area contributed by atoms with E-state index in [1.54, 1.807) is 35.6 Å². The Bertz CT molecular complexity index is 665. The summed E-state index contributed by atoms with van der Waals surface area (Å²) in [5.74, 6) is 1.07. The molecule has 0 amide bonds. The Morgan fingerprint density at radius 2 is 2.00 bits per heavy atom. The molecule has 1 heterocycles. The van der Waals surface area contributed by atoms with Gasteiger partial charge < -0.3 is 4.74 Å². The molecule has 0 atom stereocenters. The Morgan fingerprint density at radius 1 is 1.30 bits per heavy atom. The van der Waals surface area contributed by atoms with E-state index in [9.17, 15) is 8.42 Å². The average Bonchev–Trinajstić information content (AvgIpc) is 2.86. The molecule has 0 unspecified atom stereocenters. The molecule has 0 aliphatic carbocycles. The lowest BCUT2D eigenvalue weighted by atomic mass is 10.3. The van der Waals surface area contributed by atoms with Crippen molar-refractivity contribution in [3.63, 3.8) is 0 Å². The second kappa shape index (κ2) is 6.56. The first-order chi connectivity index (χ1) is 9.49. The van der Waals surface area contributed by atoms with Gasteiger partial charge in [-0.1, -0.05) is 0 Å². The highest BCUT2D eigenvalue weighted by Gasteiger charge is 2.06. The molecule has 1 aromatic heterocycles. The maximum Gasteiger partial charge on any atom is 0.175 e. The second-order valence-electron chi connectivity index (χ2n) is 4.21. The van der Waals surface area contributed by atoms with Gasteiger partial charge in [0, 0.05) is 18.1 Å². The molecule has 2 aromatic rings. The number of rotatable bonds is 6. The van der Waals surface area contributed by atoms with Crippen molar-refractivity contribution >= 4 is 32.8 Å². The van der Waals surface area contributed by atoms with Crippen LogP contribution in [-0.2, 0) is 22.1 Å². The SMILES string of the molecule is CS(=O)(=O)c1ccc(OCCc2nc(CCl)cs2)cc1. The van der Waals surface area contributed by atoms with Gasteiger partial charge in [-0.25, -0.2) is 13.4 Å². The Morgan fingerprint density at radius 3 is 2.55 bits per heavy atom. The minimum absolute atomic E-state index is 0.288. The van der Waals surface area contributed by atoms with Crippen molar-refractivity contribution in [1.82, 2.24) is 4.98 Å². The number of aromatic nitrogens is 1. The number of thiazole rings is 1.